The van der Waals surface area contributed by atoms with Crippen LogP contribution in [0.5, 0.6) is 5.75 Å². The van der Waals surface area contributed by atoms with E-state index in [4.69, 9.17) is 0 Å². The molecule has 0 atom stereocenters. The molecule has 2 radical (unpaired) electrons. The van der Waals surface area contributed by atoms with Gasteiger partial charge in [-0.1, -0.05) is 42.5 Å². The number of aromatic hydroxyl groups is 1. The quantitative estimate of drug-likeness (QED) is 0.217. The molecule has 4 aromatic rings. The van der Waals surface area contributed by atoms with Crippen LogP contribution in [0, 0.1) is 0 Å². The largest absolute Gasteiger partial charge is 0.505 e. The van der Waals surface area contributed by atoms with Crippen LogP contribution in [0.25, 0.3) is 21.5 Å². The molecule has 4 rings (SSSR count). The van der Waals surface area contributed by atoms with Crippen molar-refractivity contribution in [1.82, 2.24) is 0 Å². The molecule has 3 N–H and O–H groups in total. The Labute approximate surface area is 233 Å². The van der Waals surface area contributed by atoms with E-state index in [0.29, 0.717) is 5.39 Å². The summed E-state index contributed by atoms with van der Waals surface area (Å²) in [5, 5.41) is 19.6. The Balaban J connectivity index is 0.00000193. The summed E-state index contributed by atoms with van der Waals surface area (Å²) in [7, 11) is -8.93. The van der Waals surface area contributed by atoms with Crippen molar-refractivity contribution in [2.24, 2.45) is 10.2 Å². The standard InChI is InChI=1S/C20H14N2O7S2.2Na/c23-20-15-6-3-7-18(30(24,25)26)14(15)8-9-17(20)22-21-16-10-11-19(31(27,28)29)13-5-2-1-4-12(13)16;;/h1-11,23H,(H,24,25,26)(H,27,28,29);;. The Hall–Kier alpha value is -1.38. The van der Waals surface area contributed by atoms with Crippen molar-refractivity contribution < 1.29 is 31.0 Å². The van der Waals surface area contributed by atoms with E-state index in [0.717, 1.165) is 0 Å². The minimum Gasteiger partial charge on any atom is -0.505 e. The minimum atomic E-state index is -4.49. The van der Waals surface area contributed by atoms with Crippen LogP contribution >= 0.6 is 0 Å². The molecular weight excluding hydrogens is 490 g/mol. The first-order valence-electron chi connectivity index (χ1n) is 8.70. The molecule has 160 valence electrons. The summed E-state index contributed by atoms with van der Waals surface area (Å²) >= 11 is 0. The van der Waals surface area contributed by atoms with Gasteiger partial charge < -0.3 is 5.11 Å². The smallest absolute Gasteiger partial charge is 0.295 e. The number of hydrogen-bond donors (Lipinski definition) is 3. The molecule has 0 saturated carbocycles. The van der Waals surface area contributed by atoms with Crippen molar-refractivity contribution in [1.29, 1.82) is 0 Å². The Morgan fingerprint density at radius 3 is 1.67 bits per heavy atom. The van der Waals surface area contributed by atoms with Crippen molar-refractivity contribution in [2.45, 2.75) is 9.79 Å². The molecule has 0 bridgehead atoms. The summed E-state index contributed by atoms with van der Waals surface area (Å²) in [6.07, 6.45) is 0. The maximum absolute atomic E-state index is 11.6. The third-order valence-corrected chi connectivity index (χ3v) is 6.48. The molecule has 0 unspecified atom stereocenters. The number of rotatable bonds is 4. The molecule has 33 heavy (non-hydrogen) atoms. The van der Waals surface area contributed by atoms with Crippen molar-refractivity contribution in [3.63, 3.8) is 0 Å². The van der Waals surface area contributed by atoms with Crippen molar-refractivity contribution in [3.05, 3.63) is 66.7 Å². The number of azo groups is 1. The second-order valence-electron chi connectivity index (χ2n) is 6.56. The molecule has 0 heterocycles. The maximum Gasteiger partial charge on any atom is 0.295 e. The zero-order valence-corrected chi connectivity index (χ0v) is 23.2. The van der Waals surface area contributed by atoms with E-state index in [1.54, 1.807) is 18.2 Å². The molecule has 0 aliphatic rings. The zero-order chi connectivity index (χ0) is 22.4. The number of benzene rings is 4. The fourth-order valence-corrected chi connectivity index (χ4v) is 4.68. The number of phenolic OH excluding ortho intramolecular Hbond substituents is 1. The van der Waals surface area contributed by atoms with Gasteiger partial charge >= 0.3 is 0 Å². The van der Waals surface area contributed by atoms with Crippen molar-refractivity contribution in [3.8, 4) is 5.75 Å². The molecule has 0 spiro atoms. The molecule has 0 aromatic heterocycles. The molecule has 0 fully saturated rings. The van der Waals surface area contributed by atoms with E-state index in [9.17, 15) is 31.0 Å². The second kappa shape index (κ2) is 10.5. The number of hydrogen-bond acceptors (Lipinski definition) is 7. The van der Waals surface area contributed by atoms with Crippen molar-refractivity contribution >= 4 is 112 Å². The van der Waals surface area contributed by atoms with Crippen LogP contribution in [0.2, 0.25) is 0 Å². The van der Waals surface area contributed by atoms with Gasteiger partial charge in [-0.25, -0.2) is 0 Å². The van der Waals surface area contributed by atoms with Crippen LogP contribution in [0.3, 0.4) is 0 Å². The number of fused-ring (bicyclic) bond motifs is 2. The molecule has 0 aliphatic heterocycles. The van der Waals surface area contributed by atoms with Crippen molar-refractivity contribution in [2.75, 3.05) is 0 Å². The third kappa shape index (κ3) is 5.65. The molecule has 0 saturated heterocycles. The van der Waals surface area contributed by atoms with E-state index in [2.05, 4.69) is 10.2 Å². The summed E-state index contributed by atoms with van der Waals surface area (Å²) in [5.41, 5.74) is 0.317. The number of phenols is 1. The van der Waals surface area contributed by atoms with E-state index in [-0.39, 0.29) is 102 Å². The fourth-order valence-electron chi connectivity index (χ4n) is 3.28. The Kier molecular flexibility index (Phi) is 8.85. The summed E-state index contributed by atoms with van der Waals surface area (Å²) < 4.78 is 65.1. The summed E-state index contributed by atoms with van der Waals surface area (Å²) in [5.74, 6) is -0.342. The molecular formula is C20H14N2Na2O7S2. The van der Waals surface area contributed by atoms with Gasteiger partial charge in [-0.15, -0.1) is 10.2 Å². The maximum atomic E-state index is 11.6. The van der Waals surface area contributed by atoms with E-state index >= 15 is 0 Å². The average molecular weight is 504 g/mol. The van der Waals surface area contributed by atoms with Gasteiger partial charge in [0.15, 0.2) is 5.75 Å². The van der Waals surface area contributed by atoms with Crippen LogP contribution in [0.1, 0.15) is 0 Å². The van der Waals surface area contributed by atoms with Gasteiger partial charge in [0.1, 0.15) is 15.5 Å². The first-order chi connectivity index (χ1) is 14.6. The first-order valence-corrected chi connectivity index (χ1v) is 11.6. The summed E-state index contributed by atoms with van der Waals surface area (Å²) in [4.78, 5) is -0.621. The molecule has 4 aromatic carbocycles. The van der Waals surface area contributed by atoms with Crippen LogP contribution < -0.4 is 0 Å². The monoisotopic (exact) mass is 504 g/mol. The first kappa shape index (κ1) is 27.9. The van der Waals surface area contributed by atoms with Gasteiger partial charge in [-0.3, -0.25) is 9.11 Å². The molecule has 0 aliphatic carbocycles. The molecule has 0 amide bonds. The molecule has 13 heteroatoms. The van der Waals surface area contributed by atoms with Crippen LogP contribution in [0.15, 0.2) is 86.7 Å². The topological polar surface area (TPSA) is 154 Å². The van der Waals surface area contributed by atoms with Gasteiger partial charge in [-0.2, -0.15) is 16.8 Å². The predicted octanol–water partition coefficient (Wildman–Crippen LogP) is 3.85. The summed E-state index contributed by atoms with van der Waals surface area (Å²) in [6.45, 7) is 0. The van der Waals surface area contributed by atoms with E-state index in [1.807, 2.05) is 0 Å². The van der Waals surface area contributed by atoms with Crippen LogP contribution in [-0.2, 0) is 20.2 Å². The van der Waals surface area contributed by atoms with Gasteiger partial charge in [-0.05, 0) is 24.3 Å². The van der Waals surface area contributed by atoms with Gasteiger partial charge in [0, 0.05) is 80.7 Å². The minimum absolute atomic E-state index is 0. The summed E-state index contributed by atoms with van der Waals surface area (Å²) in [6, 6.07) is 15.7. The van der Waals surface area contributed by atoms with Crippen LogP contribution in [0.4, 0.5) is 11.4 Å². The SMILES string of the molecule is O=S(=O)(O)c1ccc(N=Nc2ccc3c(S(=O)(=O)O)cccc3c2O)c2ccccc12.[Na].[Na]. The predicted molar refractivity (Wildman–Crippen MR) is 125 cm³/mol. The van der Waals surface area contributed by atoms with Gasteiger partial charge in [0.05, 0.1) is 5.69 Å². The number of nitrogens with zero attached hydrogens (tertiary/aromatic N) is 2. The Bertz CT molecular complexity index is 1610. The van der Waals surface area contributed by atoms with Gasteiger partial charge in [0.2, 0.25) is 0 Å². The molecule has 9 nitrogen and oxygen atoms in total. The zero-order valence-electron chi connectivity index (χ0n) is 17.5. The third-order valence-electron chi connectivity index (χ3n) is 4.65. The van der Waals surface area contributed by atoms with Gasteiger partial charge in [0.25, 0.3) is 20.2 Å². The Morgan fingerprint density at radius 1 is 0.545 bits per heavy atom. The second-order valence-corrected chi connectivity index (χ2v) is 9.34. The normalized spacial score (nSPS) is 11.9. The van der Waals surface area contributed by atoms with E-state index in [1.165, 1.54) is 48.5 Å². The van der Waals surface area contributed by atoms with Crippen LogP contribution in [-0.4, -0.2) is 90.2 Å². The van der Waals surface area contributed by atoms with E-state index < -0.39 is 20.2 Å². The Morgan fingerprint density at radius 2 is 1.03 bits per heavy atom. The average Bonchev–Trinajstić information content (AvgIpc) is 2.71. The fraction of sp³-hybridized carbons (Fsp3) is 0.